The molecule has 0 spiro atoms. The lowest BCUT2D eigenvalue weighted by Gasteiger charge is -1.80. The van der Waals surface area contributed by atoms with Crippen LogP contribution in [0.3, 0.4) is 0 Å². The number of aromatic amines is 2. The van der Waals surface area contributed by atoms with E-state index >= 15 is 0 Å². The minimum Gasteiger partial charge on any atom is -0.310 e. The van der Waals surface area contributed by atoms with Crippen LogP contribution in [0.1, 0.15) is 0 Å². The number of hydrogen-bond acceptors (Lipinski definition) is 2. The van der Waals surface area contributed by atoms with Crippen LogP contribution in [0.5, 0.6) is 5.75 Å². The SMILES string of the molecule is [O]c1c[nH]c(=O)[nH]c1=O. The summed E-state index contributed by atoms with van der Waals surface area (Å²) < 4.78 is 0. The van der Waals surface area contributed by atoms with Crippen LogP contribution in [0.25, 0.3) is 0 Å². The van der Waals surface area contributed by atoms with Crippen molar-refractivity contribution in [2.75, 3.05) is 0 Å². The second kappa shape index (κ2) is 1.77. The Kier molecular flexibility index (Phi) is 1.11. The third kappa shape index (κ3) is 0.987. The first-order valence-corrected chi connectivity index (χ1v) is 2.19. The van der Waals surface area contributed by atoms with Gasteiger partial charge in [0.15, 0.2) is 0 Å². The quantitative estimate of drug-likeness (QED) is 0.478. The molecule has 1 aromatic heterocycles. The third-order valence-corrected chi connectivity index (χ3v) is 0.785. The Labute approximate surface area is 49.0 Å². The highest BCUT2D eigenvalue weighted by atomic mass is 16.3. The number of aromatic nitrogens is 2. The zero-order valence-electron chi connectivity index (χ0n) is 4.30. The fraction of sp³-hybridized carbons (Fsp3) is 0. The normalized spacial score (nSPS) is 9.33. The maximum absolute atomic E-state index is 10.3. The number of hydrogen-bond donors (Lipinski definition) is 2. The van der Waals surface area contributed by atoms with Gasteiger partial charge in [-0.15, -0.1) is 0 Å². The van der Waals surface area contributed by atoms with Gasteiger partial charge in [0, 0.05) is 0 Å². The molecule has 0 aliphatic carbocycles. The highest BCUT2D eigenvalue weighted by Gasteiger charge is 1.95. The predicted octanol–water partition coefficient (Wildman–Crippen LogP) is -0.793. The summed E-state index contributed by atoms with van der Waals surface area (Å²) in [4.78, 5) is 24.2. The number of nitrogens with one attached hydrogen (secondary N) is 2. The number of H-pyrrole nitrogens is 2. The fourth-order valence-electron chi connectivity index (χ4n) is 0.397. The van der Waals surface area contributed by atoms with Crippen molar-refractivity contribution in [1.82, 2.24) is 9.97 Å². The van der Waals surface area contributed by atoms with Crippen LogP contribution >= 0.6 is 0 Å². The van der Waals surface area contributed by atoms with Crippen molar-refractivity contribution in [3.63, 3.8) is 0 Å². The monoisotopic (exact) mass is 127 g/mol. The van der Waals surface area contributed by atoms with Crippen molar-refractivity contribution in [3.05, 3.63) is 27.0 Å². The first kappa shape index (κ1) is 5.61. The minimum absolute atomic E-state index is 0.667. The molecule has 5 nitrogen and oxygen atoms in total. The molecule has 0 bridgehead atoms. The average Bonchev–Trinajstić information content (AvgIpc) is 1.80. The van der Waals surface area contributed by atoms with E-state index in [9.17, 15) is 14.7 Å². The van der Waals surface area contributed by atoms with Crippen molar-refractivity contribution in [1.29, 1.82) is 0 Å². The summed E-state index contributed by atoms with van der Waals surface area (Å²) in [5.41, 5.74) is -1.56. The molecule has 1 aromatic rings. The van der Waals surface area contributed by atoms with Crippen molar-refractivity contribution in [2.45, 2.75) is 0 Å². The molecule has 47 valence electrons. The van der Waals surface area contributed by atoms with Gasteiger partial charge in [0.2, 0.25) is 0 Å². The summed E-state index contributed by atoms with van der Waals surface area (Å²) in [7, 11) is 0. The maximum atomic E-state index is 10.3. The zero-order valence-corrected chi connectivity index (χ0v) is 4.30. The second-order valence-corrected chi connectivity index (χ2v) is 1.44. The van der Waals surface area contributed by atoms with Crippen LogP contribution in [-0.4, -0.2) is 9.97 Å². The first-order valence-electron chi connectivity index (χ1n) is 2.19. The van der Waals surface area contributed by atoms with Crippen LogP contribution < -0.4 is 11.2 Å². The summed E-state index contributed by atoms with van der Waals surface area (Å²) in [6.45, 7) is 0. The van der Waals surface area contributed by atoms with Crippen LogP contribution in [0.2, 0.25) is 0 Å². The van der Waals surface area contributed by atoms with Crippen molar-refractivity contribution in [2.24, 2.45) is 0 Å². The van der Waals surface area contributed by atoms with E-state index < -0.39 is 17.0 Å². The standard InChI is InChI=1S/C4H3N2O3/c7-2-1-5-4(9)6-3(2)8/h1H,(H2,5,6,8,9). The first-order chi connectivity index (χ1) is 4.20. The highest BCUT2D eigenvalue weighted by Crippen LogP contribution is 1.88. The van der Waals surface area contributed by atoms with Crippen molar-refractivity contribution in [3.8, 4) is 5.75 Å². The molecule has 2 N–H and O–H groups in total. The van der Waals surface area contributed by atoms with Gasteiger partial charge in [-0.25, -0.2) is 4.79 Å². The number of rotatable bonds is 0. The molecule has 9 heavy (non-hydrogen) atoms. The van der Waals surface area contributed by atoms with Crippen LogP contribution in [0.15, 0.2) is 15.8 Å². The second-order valence-electron chi connectivity index (χ2n) is 1.44. The van der Waals surface area contributed by atoms with Gasteiger partial charge in [-0.1, -0.05) is 0 Å². The minimum atomic E-state index is -0.890. The zero-order chi connectivity index (χ0) is 6.85. The Morgan fingerprint density at radius 2 is 2.00 bits per heavy atom. The van der Waals surface area contributed by atoms with Gasteiger partial charge in [-0.3, -0.25) is 14.9 Å². The molecule has 1 rings (SSSR count). The highest BCUT2D eigenvalue weighted by molar-refractivity contribution is 5.06. The summed E-state index contributed by atoms with van der Waals surface area (Å²) >= 11 is 0. The molecule has 0 atom stereocenters. The van der Waals surface area contributed by atoms with E-state index in [-0.39, 0.29) is 0 Å². The van der Waals surface area contributed by atoms with E-state index in [0.717, 1.165) is 6.20 Å². The van der Waals surface area contributed by atoms with Crippen molar-refractivity contribution >= 4 is 0 Å². The van der Waals surface area contributed by atoms with E-state index in [2.05, 4.69) is 0 Å². The van der Waals surface area contributed by atoms with E-state index in [4.69, 9.17) is 0 Å². The fourth-order valence-corrected chi connectivity index (χ4v) is 0.397. The molecule has 5 heteroatoms. The van der Waals surface area contributed by atoms with E-state index in [1.807, 2.05) is 4.98 Å². The molecular formula is C4H3N2O3. The van der Waals surface area contributed by atoms with Gasteiger partial charge in [-0.05, 0) is 0 Å². The van der Waals surface area contributed by atoms with Gasteiger partial charge in [0.05, 0.1) is 6.20 Å². The third-order valence-electron chi connectivity index (χ3n) is 0.785. The van der Waals surface area contributed by atoms with Crippen LogP contribution in [0, 0.1) is 0 Å². The van der Waals surface area contributed by atoms with Gasteiger partial charge in [-0.2, -0.15) is 0 Å². The Morgan fingerprint density at radius 3 is 2.44 bits per heavy atom. The van der Waals surface area contributed by atoms with Crippen LogP contribution in [-0.2, 0) is 5.11 Å². The molecule has 0 unspecified atom stereocenters. The van der Waals surface area contributed by atoms with Crippen molar-refractivity contribution < 1.29 is 5.11 Å². The van der Waals surface area contributed by atoms with Gasteiger partial charge in [0.25, 0.3) is 5.75 Å². The topological polar surface area (TPSA) is 85.6 Å². The molecule has 0 aromatic carbocycles. The Morgan fingerprint density at radius 1 is 1.33 bits per heavy atom. The molecule has 1 radical (unpaired) electrons. The molecule has 1 heterocycles. The van der Waals surface area contributed by atoms with Crippen LogP contribution in [0.4, 0.5) is 0 Å². The molecule has 0 saturated heterocycles. The Hall–Kier alpha value is -1.52. The predicted molar refractivity (Wildman–Crippen MR) is 27.8 cm³/mol. The summed E-state index contributed by atoms with van der Waals surface area (Å²) in [6.07, 6.45) is 0.821. The lowest BCUT2D eigenvalue weighted by Crippen LogP contribution is -2.19. The molecule has 0 amide bonds. The van der Waals surface area contributed by atoms with Gasteiger partial charge < -0.3 is 4.98 Å². The molecule has 0 fully saturated rings. The largest absolute Gasteiger partial charge is 0.325 e. The summed E-state index contributed by atoms with van der Waals surface area (Å²) in [5, 5.41) is 10.3. The summed E-state index contributed by atoms with van der Waals surface area (Å²) in [5.74, 6) is -0.741. The molecule has 0 aliphatic heterocycles. The smallest absolute Gasteiger partial charge is 0.310 e. The average molecular weight is 127 g/mol. The van der Waals surface area contributed by atoms with E-state index in [0.29, 0.717) is 0 Å². The van der Waals surface area contributed by atoms with Gasteiger partial charge in [0.1, 0.15) is 0 Å². The lowest BCUT2D eigenvalue weighted by atomic mass is 10.6. The van der Waals surface area contributed by atoms with E-state index in [1.165, 1.54) is 0 Å². The summed E-state index contributed by atoms with van der Waals surface area (Å²) in [6, 6.07) is 0. The molecule has 0 aliphatic rings. The Bertz CT molecular complexity index is 310. The van der Waals surface area contributed by atoms with Gasteiger partial charge >= 0.3 is 11.2 Å². The Balaban J connectivity index is 3.52. The lowest BCUT2D eigenvalue weighted by molar-refractivity contribution is 0.345. The van der Waals surface area contributed by atoms with E-state index in [1.54, 1.807) is 4.98 Å². The molecule has 0 saturated carbocycles. The maximum Gasteiger partial charge on any atom is 0.325 e. The molecular weight excluding hydrogens is 124 g/mol.